The molecular formula is C18H21NO5S2. The van der Waals surface area contributed by atoms with E-state index in [-0.39, 0.29) is 10.2 Å². The molecule has 2 atom stereocenters. The van der Waals surface area contributed by atoms with Crippen molar-refractivity contribution in [1.82, 2.24) is 4.90 Å². The Hall–Kier alpha value is -2.06. The second-order valence-electron chi connectivity index (χ2n) is 5.80. The van der Waals surface area contributed by atoms with Gasteiger partial charge in [0.2, 0.25) is 0 Å². The lowest BCUT2D eigenvalue weighted by Crippen LogP contribution is -2.47. The van der Waals surface area contributed by atoms with Gasteiger partial charge < -0.3 is 14.6 Å². The number of hydrogen-bond acceptors (Lipinski definition) is 6. The molecule has 0 spiro atoms. The van der Waals surface area contributed by atoms with E-state index in [1.807, 2.05) is 6.92 Å². The van der Waals surface area contributed by atoms with Crippen molar-refractivity contribution in [3.63, 3.8) is 0 Å². The molecule has 140 valence electrons. The third-order valence-electron chi connectivity index (χ3n) is 4.26. The van der Waals surface area contributed by atoms with E-state index < -0.39 is 17.9 Å². The van der Waals surface area contributed by atoms with Gasteiger partial charge in [0.1, 0.15) is 10.4 Å². The molecule has 26 heavy (non-hydrogen) atoms. The largest absolute Gasteiger partial charge is 0.493 e. The molecule has 1 saturated heterocycles. The number of para-hydroxylation sites is 1. The van der Waals surface area contributed by atoms with Crippen LogP contribution in [0.25, 0.3) is 6.08 Å². The number of carboxylic acid groups (broad SMARTS) is 1. The zero-order valence-corrected chi connectivity index (χ0v) is 16.6. The SMILES string of the molecule is CC[C@H](C)[C@@H](C(=O)O)N1C(=O)/C(=C/c2cccc(OC)c2OC)SC1=S. The Morgan fingerprint density at radius 2 is 2.08 bits per heavy atom. The Labute approximate surface area is 162 Å². The normalized spacial score (nSPS) is 18.2. The van der Waals surface area contributed by atoms with E-state index in [9.17, 15) is 14.7 Å². The molecule has 0 saturated carbocycles. The first-order valence-corrected chi connectivity index (χ1v) is 9.29. The first-order chi connectivity index (χ1) is 12.3. The average molecular weight is 396 g/mol. The molecule has 2 rings (SSSR count). The van der Waals surface area contributed by atoms with Gasteiger partial charge in [-0.3, -0.25) is 9.69 Å². The van der Waals surface area contributed by atoms with Crippen LogP contribution in [0.5, 0.6) is 11.5 Å². The summed E-state index contributed by atoms with van der Waals surface area (Å²) < 4.78 is 10.9. The number of hydrogen-bond donors (Lipinski definition) is 1. The van der Waals surface area contributed by atoms with E-state index in [2.05, 4.69) is 0 Å². The number of rotatable bonds is 7. The van der Waals surface area contributed by atoms with Crippen molar-refractivity contribution in [2.75, 3.05) is 14.2 Å². The van der Waals surface area contributed by atoms with Crippen LogP contribution in [0.4, 0.5) is 0 Å². The number of methoxy groups -OCH3 is 2. The highest BCUT2D eigenvalue weighted by Crippen LogP contribution is 2.39. The molecule has 1 aliphatic rings. The number of carbonyl (C=O) groups is 2. The van der Waals surface area contributed by atoms with E-state index in [1.54, 1.807) is 31.2 Å². The first-order valence-electron chi connectivity index (χ1n) is 8.06. The molecule has 6 nitrogen and oxygen atoms in total. The number of ether oxygens (including phenoxy) is 2. The van der Waals surface area contributed by atoms with Crippen molar-refractivity contribution < 1.29 is 24.2 Å². The fourth-order valence-corrected chi connectivity index (χ4v) is 4.04. The molecule has 0 bridgehead atoms. The minimum atomic E-state index is -1.06. The van der Waals surface area contributed by atoms with Gasteiger partial charge in [0.25, 0.3) is 5.91 Å². The highest BCUT2D eigenvalue weighted by atomic mass is 32.2. The van der Waals surface area contributed by atoms with Crippen LogP contribution >= 0.6 is 24.0 Å². The number of aliphatic carboxylic acids is 1. The Morgan fingerprint density at radius 3 is 2.62 bits per heavy atom. The summed E-state index contributed by atoms with van der Waals surface area (Å²) in [6.45, 7) is 3.68. The summed E-state index contributed by atoms with van der Waals surface area (Å²) in [5.41, 5.74) is 0.655. The van der Waals surface area contributed by atoms with Crippen molar-refractivity contribution in [3.8, 4) is 11.5 Å². The van der Waals surface area contributed by atoms with Crippen molar-refractivity contribution >= 4 is 46.3 Å². The number of nitrogens with zero attached hydrogens (tertiary/aromatic N) is 1. The summed E-state index contributed by atoms with van der Waals surface area (Å²) in [5.74, 6) is -0.647. The molecule has 0 unspecified atom stereocenters. The van der Waals surface area contributed by atoms with Gasteiger partial charge in [-0.15, -0.1) is 0 Å². The van der Waals surface area contributed by atoms with Crippen LogP contribution in [-0.2, 0) is 9.59 Å². The highest BCUT2D eigenvalue weighted by Gasteiger charge is 2.42. The number of carbonyl (C=O) groups excluding carboxylic acids is 1. The van der Waals surface area contributed by atoms with Gasteiger partial charge in [0, 0.05) is 5.56 Å². The zero-order chi connectivity index (χ0) is 19.4. The predicted molar refractivity (Wildman–Crippen MR) is 105 cm³/mol. The van der Waals surface area contributed by atoms with Gasteiger partial charge in [0.05, 0.1) is 19.1 Å². The van der Waals surface area contributed by atoms with E-state index in [0.717, 1.165) is 11.8 Å². The van der Waals surface area contributed by atoms with Crippen LogP contribution < -0.4 is 9.47 Å². The number of benzene rings is 1. The van der Waals surface area contributed by atoms with Crippen molar-refractivity contribution in [1.29, 1.82) is 0 Å². The molecule has 0 aromatic heterocycles. The summed E-state index contributed by atoms with van der Waals surface area (Å²) in [4.78, 5) is 26.1. The third-order valence-corrected chi connectivity index (χ3v) is 5.59. The summed E-state index contributed by atoms with van der Waals surface area (Å²) in [5, 5.41) is 9.58. The molecule has 1 aromatic rings. The number of thiocarbonyl (C=S) groups is 1. The van der Waals surface area contributed by atoms with Crippen molar-refractivity contribution in [3.05, 3.63) is 28.7 Å². The van der Waals surface area contributed by atoms with Crippen LogP contribution in [0.15, 0.2) is 23.1 Å². The average Bonchev–Trinajstić information content (AvgIpc) is 2.88. The molecular weight excluding hydrogens is 374 g/mol. The maximum atomic E-state index is 12.9. The van der Waals surface area contributed by atoms with E-state index >= 15 is 0 Å². The number of amides is 1. The third kappa shape index (κ3) is 3.86. The van der Waals surface area contributed by atoms with Gasteiger partial charge >= 0.3 is 5.97 Å². The predicted octanol–water partition coefficient (Wildman–Crippen LogP) is 3.40. The van der Waals surface area contributed by atoms with E-state index in [1.165, 1.54) is 19.1 Å². The fraction of sp³-hybridized carbons (Fsp3) is 0.389. The Bertz CT molecular complexity index is 762. The summed E-state index contributed by atoms with van der Waals surface area (Å²) in [7, 11) is 3.05. The minimum Gasteiger partial charge on any atom is -0.493 e. The summed E-state index contributed by atoms with van der Waals surface area (Å²) in [6.07, 6.45) is 2.27. The lowest BCUT2D eigenvalue weighted by atomic mass is 9.98. The maximum Gasteiger partial charge on any atom is 0.327 e. The van der Waals surface area contributed by atoms with Gasteiger partial charge in [-0.05, 0) is 18.1 Å². The second-order valence-corrected chi connectivity index (χ2v) is 7.48. The Morgan fingerprint density at radius 1 is 1.38 bits per heavy atom. The smallest absolute Gasteiger partial charge is 0.327 e. The molecule has 1 fully saturated rings. The molecule has 1 amide bonds. The minimum absolute atomic E-state index is 0.222. The molecule has 1 N–H and O–H groups in total. The van der Waals surface area contributed by atoms with Crippen molar-refractivity contribution in [2.45, 2.75) is 26.3 Å². The van der Waals surface area contributed by atoms with Crippen LogP contribution in [0.1, 0.15) is 25.8 Å². The first kappa shape index (κ1) is 20.3. The van der Waals surface area contributed by atoms with Crippen LogP contribution in [-0.4, -0.2) is 46.5 Å². The quantitative estimate of drug-likeness (QED) is 0.560. The number of thioether (sulfide) groups is 1. The molecule has 8 heteroatoms. The monoisotopic (exact) mass is 395 g/mol. The van der Waals surface area contributed by atoms with Gasteiger partial charge in [0.15, 0.2) is 11.5 Å². The molecule has 1 heterocycles. The van der Waals surface area contributed by atoms with Crippen LogP contribution in [0.2, 0.25) is 0 Å². The van der Waals surface area contributed by atoms with Crippen molar-refractivity contribution in [2.24, 2.45) is 5.92 Å². The molecule has 0 radical (unpaired) electrons. The lowest BCUT2D eigenvalue weighted by Gasteiger charge is -2.27. The molecule has 1 aromatic carbocycles. The fourth-order valence-electron chi connectivity index (χ4n) is 2.72. The van der Waals surface area contributed by atoms with E-state index in [0.29, 0.717) is 28.4 Å². The van der Waals surface area contributed by atoms with Gasteiger partial charge in [-0.2, -0.15) is 0 Å². The molecule has 1 aliphatic heterocycles. The Kier molecular flexibility index (Phi) is 6.66. The van der Waals surface area contributed by atoms with Gasteiger partial charge in [-0.1, -0.05) is 56.4 Å². The van der Waals surface area contributed by atoms with Crippen LogP contribution in [0, 0.1) is 5.92 Å². The topological polar surface area (TPSA) is 76.1 Å². The summed E-state index contributed by atoms with van der Waals surface area (Å²) >= 11 is 6.38. The zero-order valence-electron chi connectivity index (χ0n) is 15.0. The van der Waals surface area contributed by atoms with Gasteiger partial charge in [-0.25, -0.2) is 4.79 Å². The lowest BCUT2D eigenvalue weighted by molar-refractivity contribution is -0.147. The second kappa shape index (κ2) is 8.55. The van der Waals surface area contributed by atoms with E-state index in [4.69, 9.17) is 21.7 Å². The highest BCUT2D eigenvalue weighted by molar-refractivity contribution is 8.26. The standard InChI is InChI=1S/C18H21NO5S2/c1-5-10(2)14(17(21)22)19-16(20)13(26-18(19)25)9-11-7-6-8-12(23-3)15(11)24-4/h6-10,14H,5H2,1-4H3,(H,21,22)/b13-9-/t10-,14-/m0/s1. The Balaban J connectivity index is 2.43. The number of carboxylic acids is 1. The molecule has 0 aliphatic carbocycles. The van der Waals surface area contributed by atoms with Crippen LogP contribution in [0.3, 0.4) is 0 Å². The summed E-state index contributed by atoms with van der Waals surface area (Å²) in [6, 6.07) is 4.35. The maximum absolute atomic E-state index is 12.9.